The molecule has 0 bridgehead atoms. The second kappa shape index (κ2) is 6.95. The monoisotopic (exact) mass is 345 g/mol. The van der Waals surface area contributed by atoms with Crippen molar-refractivity contribution in [2.24, 2.45) is 0 Å². The topological polar surface area (TPSA) is 12.0 Å². The highest BCUT2D eigenvalue weighted by molar-refractivity contribution is 7.98. The molecule has 1 nitrogen and oxygen atoms in total. The third-order valence-corrected chi connectivity index (χ3v) is 4.78. The number of halogens is 3. The van der Waals surface area contributed by atoms with E-state index in [4.69, 9.17) is 34.8 Å². The van der Waals surface area contributed by atoms with Gasteiger partial charge in [0.15, 0.2) is 0 Å². The molecule has 2 aromatic rings. The van der Waals surface area contributed by atoms with Gasteiger partial charge in [-0.3, -0.25) is 0 Å². The van der Waals surface area contributed by atoms with Crippen molar-refractivity contribution < 1.29 is 0 Å². The molecular weight excluding hydrogens is 333 g/mol. The lowest BCUT2D eigenvalue weighted by molar-refractivity contribution is 0.883. The molecule has 0 saturated heterocycles. The van der Waals surface area contributed by atoms with Gasteiger partial charge in [0.2, 0.25) is 0 Å². The van der Waals surface area contributed by atoms with Crippen molar-refractivity contribution in [1.82, 2.24) is 0 Å². The van der Waals surface area contributed by atoms with Gasteiger partial charge in [0, 0.05) is 10.9 Å². The lowest BCUT2D eigenvalue weighted by atomic mass is 10.1. The van der Waals surface area contributed by atoms with Gasteiger partial charge in [0.1, 0.15) is 0 Å². The van der Waals surface area contributed by atoms with Crippen molar-refractivity contribution in [2.45, 2.75) is 17.9 Å². The smallest absolute Gasteiger partial charge is 0.0653 e. The Morgan fingerprint density at radius 1 is 0.950 bits per heavy atom. The van der Waals surface area contributed by atoms with Crippen LogP contribution in [0.15, 0.2) is 41.3 Å². The number of thioether (sulfide) groups is 1. The predicted molar refractivity (Wildman–Crippen MR) is 91.7 cm³/mol. The Hall–Kier alpha value is -0.540. The molecule has 0 amide bonds. The standard InChI is InChI=1S/C15H14Cl3NS/c1-9(10-3-5-11(20-2)6-4-10)19-15-8-13(17)12(16)7-14(15)18/h3-9,19H,1-2H3. The molecule has 0 radical (unpaired) electrons. The molecule has 1 N–H and O–H groups in total. The SMILES string of the molecule is CSc1ccc(C(C)Nc2cc(Cl)c(Cl)cc2Cl)cc1. The van der Waals surface area contributed by atoms with Crippen LogP contribution in [0.1, 0.15) is 18.5 Å². The van der Waals surface area contributed by atoms with E-state index in [9.17, 15) is 0 Å². The zero-order chi connectivity index (χ0) is 14.7. The number of benzene rings is 2. The van der Waals surface area contributed by atoms with E-state index in [1.54, 1.807) is 23.9 Å². The van der Waals surface area contributed by atoms with Gasteiger partial charge in [0.25, 0.3) is 0 Å². The van der Waals surface area contributed by atoms with Crippen LogP contribution in [0, 0.1) is 0 Å². The number of nitrogens with one attached hydrogen (secondary N) is 1. The Kier molecular flexibility index (Phi) is 5.50. The van der Waals surface area contributed by atoms with Crippen LogP contribution in [-0.4, -0.2) is 6.26 Å². The minimum Gasteiger partial charge on any atom is -0.377 e. The largest absolute Gasteiger partial charge is 0.377 e. The first-order valence-corrected chi connectivity index (χ1v) is 8.42. The highest BCUT2D eigenvalue weighted by atomic mass is 35.5. The average molecular weight is 347 g/mol. The van der Waals surface area contributed by atoms with Crippen LogP contribution >= 0.6 is 46.6 Å². The van der Waals surface area contributed by atoms with Gasteiger partial charge >= 0.3 is 0 Å². The molecule has 0 aliphatic carbocycles. The van der Waals surface area contributed by atoms with Crippen molar-refractivity contribution in [3.63, 3.8) is 0 Å². The molecule has 2 aromatic carbocycles. The van der Waals surface area contributed by atoms with E-state index in [1.165, 1.54) is 10.5 Å². The summed E-state index contributed by atoms with van der Waals surface area (Å²) < 4.78 is 0. The summed E-state index contributed by atoms with van der Waals surface area (Å²) in [7, 11) is 0. The summed E-state index contributed by atoms with van der Waals surface area (Å²) in [6.45, 7) is 2.08. The molecule has 0 aliphatic heterocycles. The number of rotatable bonds is 4. The molecule has 5 heteroatoms. The minimum atomic E-state index is 0.126. The lowest BCUT2D eigenvalue weighted by Gasteiger charge is -2.17. The Bertz CT molecular complexity index is 599. The first-order valence-electron chi connectivity index (χ1n) is 6.06. The van der Waals surface area contributed by atoms with Gasteiger partial charge < -0.3 is 5.32 Å². The summed E-state index contributed by atoms with van der Waals surface area (Å²) in [6.07, 6.45) is 2.06. The maximum Gasteiger partial charge on any atom is 0.0653 e. The summed E-state index contributed by atoms with van der Waals surface area (Å²) in [5.74, 6) is 0. The lowest BCUT2D eigenvalue weighted by Crippen LogP contribution is -2.07. The van der Waals surface area contributed by atoms with Gasteiger partial charge in [-0.15, -0.1) is 11.8 Å². The van der Waals surface area contributed by atoms with Gasteiger partial charge in [-0.05, 0) is 43.0 Å². The summed E-state index contributed by atoms with van der Waals surface area (Å²) in [5, 5.41) is 4.86. The first kappa shape index (κ1) is 15.8. The van der Waals surface area contributed by atoms with E-state index < -0.39 is 0 Å². The second-order valence-corrected chi connectivity index (χ2v) is 6.49. The van der Waals surface area contributed by atoms with Gasteiger partial charge in [-0.2, -0.15) is 0 Å². The Morgan fingerprint density at radius 3 is 2.15 bits per heavy atom. The summed E-state index contributed by atoms with van der Waals surface area (Å²) in [6, 6.07) is 11.9. The quantitative estimate of drug-likeness (QED) is 0.498. The highest BCUT2D eigenvalue weighted by Crippen LogP contribution is 2.34. The fraction of sp³-hybridized carbons (Fsp3) is 0.200. The summed E-state index contributed by atoms with van der Waals surface area (Å²) in [4.78, 5) is 1.24. The normalized spacial score (nSPS) is 12.2. The Labute approximate surface area is 138 Å². The van der Waals surface area contributed by atoms with Crippen LogP contribution < -0.4 is 5.32 Å². The zero-order valence-corrected chi connectivity index (χ0v) is 14.2. The Balaban J connectivity index is 2.18. The summed E-state index contributed by atoms with van der Waals surface area (Å²) in [5.41, 5.74) is 1.97. The fourth-order valence-corrected chi connectivity index (χ4v) is 2.85. The van der Waals surface area contributed by atoms with Gasteiger partial charge in [-0.1, -0.05) is 46.9 Å². The second-order valence-electron chi connectivity index (χ2n) is 4.39. The average Bonchev–Trinajstić information content (AvgIpc) is 2.44. The van der Waals surface area contributed by atoms with E-state index in [1.807, 2.05) is 0 Å². The maximum atomic E-state index is 6.17. The van der Waals surface area contributed by atoms with E-state index >= 15 is 0 Å². The van der Waals surface area contributed by atoms with Crippen molar-refractivity contribution in [3.05, 3.63) is 57.0 Å². The van der Waals surface area contributed by atoms with Crippen molar-refractivity contribution in [2.75, 3.05) is 11.6 Å². The molecule has 0 saturated carbocycles. The van der Waals surface area contributed by atoms with E-state index in [0.29, 0.717) is 15.1 Å². The van der Waals surface area contributed by atoms with Gasteiger partial charge in [-0.25, -0.2) is 0 Å². The molecule has 0 aliphatic rings. The van der Waals surface area contributed by atoms with Crippen molar-refractivity contribution >= 4 is 52.3 Å². The molecule has 0 spiro atoms. The first-order chi connectivity index (χ1) is 9.51. The molecule has 0 heterocycles. The van der Waals surface area contributed by atoms with Crippen LogP contribution in [0.2, 0.25) is 15.1 Å². The van der Waals surface area contributed by atoms with Crippen LogP contribution in [0.25, 0.3) is 0 Å². The van der Waals surface area contributed by atoms with Gasteiger partial charge in [0.05, 0.1) is 20.8 Å². The van der Waals surface area contributed by atoms with Crippen LogP contribution in [0.4, 0.5) is 5.69 Å². The molecule has 1 unspecified atom stereocenters. The molecule has 20 heavy (non-hydrogen) atoms. The third-order valence-electron chi connectivity index (χ3n) is 3.00. The Morgan fingerprint density at radius 2 is 1.55 bits per heavy atom. The van der Waals surface area contributed by atoms with E-state index in [-0.39, 0.29) is 6.04 Å². The van der Waals surface area contributed by atoms with Crippen LogP contribution in [0.3, 0.4) is 0 Å². The summed E-state index contributed by atoms with van der Waals surface area (Å²) >= 11 is 19.8. The highest BCUT2D eigenvalue weighted by Gasteiger charge is 2.10. The minimum absolute atomic E-state index is 0.126. The molecule has 106 valence electrons. The van der Waals surface area contributed by atoms with Crippen molar-refractivity contribution in [3.8, 4) is 0 Å². The molecule has 1 atom stereocenters. The van der Waals surface area contributed by atoms with E-state index in [2.05, 4.69) is 42.8 Å². The number of hydrogen-bond donors (Lipinski definition) is 1. The fourth-order valence-electron chi connectivity index (χ4n) is 1.84. The third kappa shape index (κ3) is 3.76. The number of anilines is 1. The van der Waals surface area contributed by atoms with E-state index in [0.717, 1.165) is 5.69 Å². The molecule has 0 fully saturated rings. The maximum absolute atomic E-state index is 6.17. The number of hydrogen-bond acceptors (Lipinski definition) is 2. The van der Waals surface area contributed by atoms with Crippen LogP contribution in [0.5, 0.6) is 0 Å². The van der Waals surface area contributed by atoms with Crippen molar-refractivity contribution in [1.29, 1.82) is 0 Å². The predicted octanol–water partition coefficient (Wildman–Crippen LogP) is 6.54. The molecule has 2 rings (SSSR count). The van der Waals surface area contributed by atoms with Crippen LogP contribution in [-0.2, 0) is 0 Å². The molecule has 0 aromatic heterocycles. The zero-order valence-electron chi connectivity index (χ0n) is 11.1. The molecular formula is C15H14Cl3NS.